The van der Waals surface area contributed by atoms with Crippen molar-refractivity contribution in [3.63, 3.8) is 0 Å². The smallest absolute Gasteiger partial charge is 0.00258 e. The first kappa shape index (κ1) is 15.4. The molecule has 4 aromatic rings. The van der Waals surface area contributed by atoms with Crippen LogP contribution in [0.2, 0.25) is 0 Å². The maximum absolute atomic E-state index is 2.24. The van der Waals surface area contributed by atoms with Crippen molar-refractivity contribution in [2.24, 2.45) is 0 Å². The quantitative estimate of drug-likeness (QED) is 0.397. The Morgan fingerprint density at radius 3 is 1.40 bits per heavy atom. The lowest BCUT2D eigenvalue weighted by molar-refractivity contribution is 1.19. The molecule has 4 aromatic carbocycles. The third kappa shape index (κ3) is 3.54. The molecule has 0 N–H and O–H groups in total. The second-order valence-electron chi connectivity index (χ2n) is 6.27. The Labute approximate surface area is 149 Å². The third-order valence-electron chi connectivity index (χ3n) is 4.53. The van der Waals surface area contributed by atoms with Crippen LogP contribution in [0.1, 0.15) is 11.1 Å². The molecule has 25 heavy (non-hydrogen) atoms. The van der Waals surface area contributed by atoms with Crippen LogP contribution >= 0.6 is 0 Å². The molecule has 0 amide bonds. The summed E-state index contributed by atoms with van der Waals surface area (Å²) in [6.07, 6.45) is 0.974. The van der Waals surface area contributed by atoms with Crippen LogP contribution in [0.5, 0.6) is 0 Å². The van der Waals surface area contributed by atoms with E-state index in [1.165, 1.54) is 33.4 Å². The molecule has 0 aliphatic heterocycles. The van der Waals surface area contributed by atoms with Gasteiger partial charge in [0.25, 0.3) is 0 Å². The summed E-state index contributed by atoms with van der Waals surface area (Å²) in [7, 11) is 0. The van der Waals surface area contributed by atoms with Crippen molar-refractivity contribution < 1.29 is 0 Å². The molecule has 0 aliphatic rings. The first-order valence-electron chi connectivity index (χ1n) is 8.68. The molecule has 120 valence electrons. The second kappa shape index (κ2) is 7.19. The molecule has 0 radical (unpaired) electrons. The average Bonchev–Trinajstić information content (AvgIpc) is 2.70. The average molecular weight is 320 g/mol. The zero-order valence-electron chi connectivity index (χ0n) is 14.1. The summed E-state index contributed by atoms with van der Waals surface area (Å²) < 4.78 is 0. The topological polar surface area (TPSA) is 0 Å². The van der Waals surface area contributed by atoms with Gasteiger partial charge in [-0.25, -0.2) is 0 Å². The summed E-state index contributed by atoms with van der Waals surface area (Å²) in [5, 5.41) is 0. The minimum Gasteiger partial charge on any atom is -0.0622 e. The van der Waals surface area contributed by atoms with E-state index in [2.05, 4.69) is 109 Å². The summed E-state index contributed by atoms with van der Waals surface area (Å²) in [5.74, 6) is 0. The minimum absolute atomic E-state index is 0.974. The third-order valence-corrected chi connectivity index (χ3v) is 4.53. The summed E-state index contributed by atoms with van der Waals surface area (Å²) in [4.78, 5) is 0. The van der Waals surface area contributed by atoms with E-state index < -0.39 is 0 Å². The van der Waals surface area contributed by atoms with E-state index in [0.717, 1.165) is 6.42 Å². The molecule has 0 saturated carbocycles. The SMILES string of the molecule is c1ccc(Cc2ccc(-c3ccccc3-c3ccccc3)cc2)cc1. The van der Waals surface area contributed by atoms with Crippen LogP contribution in [0.25, 0.3) is 22.3 Å². The van der Waals surface area contributed by atoms with Crippen molar-refractivity contribution in [2.45, 2.75) is 6.42 Å². The summed E-state index contributed by atoms with van der Waals surface area (Å²) in [5.41, 5.74) is 7.76. The maximum Gasteiger partial charge on any atom is -0.00258 e. The van der Waals surface area contributed by atoms with Crippen molar-refractivity contribution >= 4 is 0 Å². The summed E-state index contributed by atoms with van der Waals surface area (Å²) >= 11 is 0. The molecule has 0 unspecified atom stereocenters. The van der Waals surface area contributed by atoms with Crippen molar-refractivity contribution in [3.05, 3.63) is 120 Å². The van der Waals surface area contributed by atoms with Crippen molar-refractivity contribution in [1.29, 1.82) is 0 Å². The van der Waals surface area contributed by atoms with Gasteiger partial charge in [0.05, 0.1) is 0 Å². The molecule has 0 atom stereocenters. The molecule has 0 bridgehead atoms. The maximum atomic E-state index is 2.24. The van der Waals surface area contributed by atoms with Gasteiger partial charge in [0.2, 0.25) is 0 Å². The Kier molecular flexibility index (Phi) is 4.43. The fourth-order valence-electron chi connectivity index (χ4n) is 3.24. The molecule has 0 fully saturated rings. The van der Waals surface area contributed by atoms with Gasteiger partial charge < -0.3 is 0 Å². The lowest BCUT2D eigenvalue weighted by Crippen LogP contribution is -1.89. The van der Waals surface area contributed by atoms with Gasteiger partial charge in [0.1, 0.15) is 0 Å². The fraction of sp³-hybridized carbons (Fsp3) is 0.0400. The van der Waals surface area contributed by atoms with Crippen LogP contribution in [0.3, 0.4) is 0 Å². The normalized spacial score (nSPS) is 10.6. The Hall–Kier alpha value is -3.12. The number of rotatable bonds is 4. The fourth-order valence-corrected chi connectivity index (χ4v) is 3.24. The highest BCUT2D eigenvalue weighted by Crippen LogP contribution is 2.32. The van der Waals surface area contributed by atoms with Crippen molar-refractivity contribution in [2.75, 3.05) is 0 Å². The number of hydrogen-bond acceptors (Lipinski definition) is 0. The predicted molar refractivity (Wildman–Crippen MR) is 107 cm³/mol. The van der Waals surface area contributed by atoms with E-state index in [1.54, 1.807) is 0 Å². The Bertz CT molecular complexity index is 936. The first-order chi connectivity index (χ1) is 12.4. The zero-order valence-corrected chi connectivity index (χ0v) is 14.1. The van der Waals surface area contributed by atoms with Crippen LogP contribution in [-0.2, 0) is 6.42 Å². The Morgan fingerprint density at radius 1 is 0.360 bits per heavy atom. The zero-order chi connectivity index (χ0) is 16.9. The van der Waals surface area contributed by atoms with E-state index >= 15 is 0 Å². The highest BCUT2D eigenvalue weighted by atomic mass is 14.1. The van der Waals surface area contributed by atoms with E-state index in [1.807, 2.05) is 0 Å². The van der Waals surface area contributed by atoms with Crippen LogP contribution in [0.4, 0.5) is 0 Å². The van der Waals surface area contributed by atoms with Gasteiger partial charge >= 0.3 is 0 Å². The Morgan fingerprint density at radius 2 is 0.800 bits per heavy atom. The molecule has 0 spiro atoms. The van der Waals surface area contributed by atoms with Crippen LogP contribution in [0, 0.1) is 0 Å². The van der Waals surface area contributed by atoms with Crippen LogP contribution in [-0.4, -0.2) is 0 Å². The minimum atomic E-state index is 0.974. The van der Waals surface area contributed by atoms with Crippen LogP contribution < -0.4 is 0 Å². The van der Waals surface area contributed by atoms with Gasteiger partial charge in [-0.3, -0.25) is 0 Å². The van der Waals surface area contributed by atoms with E-state index in [4.69, 9.17) is 0 Å². The summed E-state index contributed by atoms with van der Waals surface area (Å²) in [6.45, 7) is 0. The molecule has 0 nitrogen and oxygen atoms in total. The Balaban J connectivity index is 1.65. The lowest BCUT2D eigenvalue weighted by atomic mass is 9.93. The van der Waals surface area contributed by atoms with Crippen LogP contribution in [0.15, 0.2) is 109 Å². The molecule has 0 heterocycles. The molecule has 0 heteroatoms. The molecule has 0 aliphatic carbocycles. The van der Waals surface area contributed by atoms with Gasteiger partial charge in [0.15, 0.2) is 0 Å². The standard InChI is InChI=1S/C25H20/c1-3-9-20(10-4-1)19-21-15-17-23(18-16-21)25-14-8-7-13-24(25)22-11-5-2-6-12-22/h1-18H,19H2. The van der Waals surface area contributed by atoms with Crippen molar-refractivity contribution in [3.8, 4) is 22.3 Å². The van der Waals surface area contributed by atoms with Crippen molar-refractivity contribution in [1.82, 2.24) is 0 Å². The van der Waals surface area contributed by atoms with E-state index in [-0.39, 0.29) is 0 Å². The lowest BCUT2D eigenvalue weighted by Gasteiger charge is -2.11. The molecular weight excluding hydrogens is 300 g/mol. The number of benzene rings is 4. The van der Waals surface area contributed by atoms with Gasteiger partial charge in [-0.2, -0.15) is 0 Å². The van der Waals surface area contributed by atoms with Gasteiger partial charge in [0, 0.05) is 0 Å². The molecule has 0 aromatic heterocycles. The highest BCUT2D eigenvalue weighted by molar-refractivity contribution is 5.83. The summed E-state index contributed by atoms with van der Waals surface area (Å²) in [6, 6.07) is 38.8. The van der Waals surface area contributed by atoms with E-state index in [0.29, 0.717) is 0 Å². The predicted octanol–water partition coefficient (Wildman–Crippen LogP) is 6.61. The second-order valence-corrected chi connectivity index (χ2v) is 6.27. The molecular formula is C25H20. The monoisotopic (exact) mass is 320 g/mol. The highest BCUT2D eigenvalue weighted by Gasteiger charge is 2.06. The largest absolute Gasteiger partial charge is 0.0622 e. The van der Waals surface area contributed by atoms with Gasteiger partial charge in [-0.1, -0.05) is 109 Å². The number of hydrogen-bond donors (Lipinski definition) is 0. The first-order valence-corrected chi connectivity index (χ1v) is 8.68. The van der Waals surface area contributed by atoms with Gasteiger partial charge in [-0.05, 0) is 39.8 Å². The van der Waals surface area contributed by atoms with Gasteiger partial charge in [-0.15, -0.1) is 0 Å². The molecule has 4 rings (SSSR count). The van der Waals surface area contributed by atoms with E-state index in [9.17, 15) is 0 Å². The molecule has 0 saturated heterocycles.